The highest BCUT2D eigenvalue weighted by atomic mass is 35.5. The largest absolute Gasteiger partial charge is 0.481 e. The van der Waals surface area contributed by atoms with E-state index in [0.717, 1.165) is 18.4 Å². The lowest BCUT2D eigenvalue weighted by Crippen LogP contribution is -2.43. The molecule has 2 fully saturated rings. The summed E-state index contributed by atoms with van der Waals surface area (Å²) >= 11 is 1.27. The molecule has 1 aliphatic heterocycles. The van der Waals surface area contributed by atoms with Crippen LogP contribution in [0, 0.1) is 11.7 Å². The number of nitrogens with zero attached hydrogens (tertiary/aromatic N) is 3. The average molecular weight is 536 g/mol. The minimum absolute atomic E-state index is 0. The van der Waals surface area contributed by atoms with Gasteiger partial charge in [-0.25, -0.2) is 4.39 Å². The number of hydrogen-bond acceptors (Lipinski definition) is 6. The van der Waals surface area contributed by atoms with Crippen LogP contribution in [0.2, 0.25) is 0 Å². The van der Waals surface area contributed by atoms with Gasteiger partial charge in [-0.05, 0) is 49.5 Å². The van der Waals surface area contributed by atoms with Crippen LogP contribution < -0.4 is 0 Å². The smallest absolute Gasteiger partial charge is 0.303 e. The molecule has 0 spiro atoms. The SMILES string of the molecule is CC(=O)SC1CCN(C(C(=O)C2CC2)c2ccccc2F)C/C1=C\c1ccn(CCCC(=O)O)n1.Cl. The number of hydrogen-bond donors (Lipinski definition) is 1. The fraction of sp³-hybridized carbons (Fsp3) is 0.462. The second-order valence-electron chi connectivity index (χ2n) is 9.18. The van der Waals surface area contributed by atoms with Crippen LogP contribution in [0.1, 0.15) is 56.3 Å². The van der Waals surface area contributed by atoms with E-state index in [2.05, 4.69) is 5.10 Å². The van der Waals surface area contributed by atoms with Crippen molar-refractivity contribution < 1.29 is 23.9 Å². The maximum absolute atomic E-state index is 14.8. The van der Waals surface area contributed by atoms with Crippen molar-refractivity contribution >= 4 is 47.1 Å². The summed E-state index contributed by atoms with van der Waals surface area (Å²) in [5.74, 6) is -1.17. The molecule has 2 aliphatic rings. The molecule has 7 nitrogen and oxygen atoms in total. The monoisotopic (exact) mass is 535 g/mol. The number of carbonyl (C=O) groups is 3. The van der Waals surface area contributed by atoms with Gasteiger partial charge in [-0.1, -0.05) is 30.0 Å². The molecule has 1 saturated carbocycles. The summed E-state index contributed by atoms with van der Waals surface area (Å²) in [6, 6.07) is 7.69. The average Bonchev–Trinajstić information content (AvgIpc) is 3.57. The minimum atomic E-state index is -0.837. The van der Waals surface area contributed by atoms with Crippen molar-refractivity contribution in [2.24, 2.45) is 5.92 Å². The van der Waals surface area contributed by atoms with Crippen LogP contribution in [0.4, 0.5) is 4.39 Å². The molecule has 1 saturated heterocycles. The first kappa shape index (κ1) is 28.1. The summed E-state index contributed by atoms with van der Waals surface area (Å²) < 4.78 is 16.5. The lowest BCUT2D eigenvalue weighted by molar-refractivity contribution is -0.137. The number of carbonyl (C=O) groups excluding carboxylic acids is 2. The van der Waals surface area contributed by atoms with Gasteiger partial charge in [-0.2, -0.15) is 5.10 Å². The van der Waals surface area contributed by atoms with Crippen molar-refractivity contribution in [1.82, 2.24) is 14.7 Å². The number of aromatic nitrogens is 2. The molecule has 2 atom stereocenters. The number of aliphatic carboxylic acids is 1. The van der Waals surface area contributed by atoms with Crippen LogP contribution in [-0.4, -0.2) is 55.0 Å². The van der Waals surface area contributed by atoms with E-state index < -0.39 is 12.0 Å². The lowest BCUT2D eigenvalue weighted by atomic mass is 9.93. The minimum Gasteiger partial charge on any atom is -0.481 e. The molecular weight excluding hydrogens is 505 g/mol. The number of rotatable bonds is 10. The van der Waals surface area contributed by atoms with Gasteiger partial charge < -0.3 is 5.11 Å². The summed E-state index contributed by atoms with van der Waals surface area (Å²) in [7, 11) is 0. The number of carboxylic acids is 1. The Morgan fingerprint density at radius 3 is 2.64 bits per heavy atom. The van der Waals surface area contributed by atoms with Gasteiger partial charge in [0.05, 0.1) is 11.7 Å². The second-order valence-corrected chi connectivity index (χ2v) is 10.6. The summed E-state index contributed by atoms with van der Waals surface area (Å²) in [4.78, 5) is 38.0. The number of ketones is 1. The lowest BCUT2D eigenvalue weighted by Gasteiger charge is -2.38. The van der Waals surface area contributed by atoms with E-state index in [4.69, 9.17) is 5.11 Å². The number of thioether (sulfide) groups is 1. The van der Waals surface area contributed by atoms with E-state index in [1.165, 1.54) is 17.8 Å². The van der Waals surface area contributed by atoms with Crippen molar-refractivity contribution in [3.05, 3.63) is 59.2 Å². The van der Waals surface area contributed by atoms with E-state index in [0.29, 0.717) is 43.7 Å². The summed E-state index contributed by atoms with van der Waals surface area (Å²) in [6.45, 7) is 3.07. The van der Waals surface area contributed by atoms with Crippen molar-refractivity contribution in [1.29, 1.82) is 0 Å². The molecule has 1 aromatic carbocycles. The Morgan fingerprint density at radius 1 is 1.22 bits per heavy atom. The summed E-state index contributed by atoms with van der Waals surface area (Å²) in [5.41, 5.74) is 2.09. The number of halogens is 2. The van der Waals surface area contributed by atoms with Crippen LogP contribution in [0.5, 0.6) is 0 Å². The van der Waals surface area contributed by atoms with Gasteiger partial charge in [0, 0.05) is 55.9 Å². The highest BCUT2D eigenvalue weighted by Gasteiger charge is 2.41. The van der Waals surface area contributed by atoms with Gasteiger partial charge in [-0.15, -0.1) is 12.4 Å². The van der Waals surface area contributed by atoms with Crippen LogP contribution >= 0.6 is 24.2 Å². The highest BCUT2D eigenvalue weighted by Crippen LogP contribution is 2.40. The standard InChI is InChI=1S/C26H30FN3O4S.ClH/c1-17(31)35-23-11-13-29(25(26(34)18-8-9-18)21-5-2-3-6-22(21)27)16-19(23)15-20-10-14-30(28-20)12-4-7-24(32)33;/h2-3,5-6,10,14-15,18,23,25H,4,7-9,11-13,16H2,1H3,(H,32,33);1H/b19-15+;. The van der Waals surface area contributed by atoms with Gasteiger partial charge in [0.2, 0.25) is 0 Å². The number of piperidine rings is 1. The predicted octanol–water partition coefficient (Wildman–Crippen LogP) is 4.77. The van der Waals surface area contributed by atoms with Crippen molar-refractivity contribution in [3.63, 3.8) is 0 Å². The molecule has 2 unspecified atom stereocenters. The Balaban J connectivity index is 0.00000361. The first-order chi connectivity index (χ1) is 16.8. The third-order valence-corrected chi connectivity index (χ3v) is 7.53. The zero-order chi connectivity index (χ0) is 24.9. The van der Waals surface area contributed by atoms with Gasteiger partial charge in [0.15, 0.2) is 10.9 Å². The Hall–Kier alpha value is -2.49. The second kappa shape index (κ2) is 12.7. The maximum atomic E-state index is 14.8. The maximum Gasteiger partial charge on any atom is 0.303 e. The van der Waals surface area contributed by atoms with Crippen LogP contribution in [0.15, 0.2) is 42.1 Å². The normalized spacial score (nSPS) is 20.1. The van der Waals surface area contributed by atoms with E-state index >= 15 is 0 Å². The quantitative estimate of drug-likeness (QED) is 0.468. The van der Waals surface area contributed by atoms with E-state index in [9.17, 15) is 18.8 Å². The first-order valence-corrected chi connectivity index (χ1v) is 12.8. The molecule has 1 aromatic heterocycles. The van der Waals surface area contributed by atoms with Gasteiger partial charge in [0.25, 0.3) is 0 Å². The molecule has 1 aliphatic carbocycles. The van der Waals surface area contributed by atoms with Crippen molar-refractivity contribution in [3.8, 4) is 0 Å². The number of aryl methyl sites for hydroxylation is 1. The fourth-order valence-corrected chi connectivity index (χ4v) is 5.47. The Morgan fingerprint density at radius 2 is 1.97 bits per heavy atom. The molecule has 10 heteroatoms. The topological polar surface area (TPSA) is 92.5 Å². The summed E-state index contributed by atoms with van der Waals surface area (Å²) in [5, 5.41) is 13.4. The summed E-state index contributed by atoms with van der Waals surface area (Å²) in [6.07, 6.45) is 6.68. The van der Waals surface area contributed by atoms with E-state index in [1.54, 1.807) is 36.0 Å². The highest BCUT2D eigenvalue weighted by molar-refractivity contribution is 8.14. The molecule has 0 radical (unpaired) electrons. The molecule has 0 bridgehead atoms. The van der Waals surface area contributed by atoms with E-state index in [1.807, 2.05) is 17.0 Å². The molecule has 4 rings (SSSR count). The van der Waals surface area contributed by atoms with Crippen LogP contribution in [0.3, 0.4) is 0 Å². The molecule has 36 heavy (non-hydrogen) atoms. The number of carboxylic acid groups (broad SMARTS) is 1. The molecule has 194 valence electrons. The third-order valence-electron chi connectivity index (χ3n) is 6.37. The molecule has 2 aromatic rings. The molecule has 0 amide bonds. The number of benzene rings is 1. The van der Waals surface area contributed by atoms with E-state index in [-0.39, 0.29) is 46.7 Å². The first-order valence-electron chi connectivity index (χ1n) is 12.0. The van der Waals surface area contributed by atoms with Crippen LogP contribution in [-0.2, 0) is 20.9 Å². The predicted molar refractivity (Wildman–Crippen MR) is 139 cm³/mol. The molecular formula is C26H31ClFN3O4S. The van der Waals surface area contributed by atoms with Crippen molar-refractivity contribution in [2.45, 2.75) is 56.9 Å². The van der Waals surface area contributed by atoms with Gasteiger partial charge >= 0.3 is 5.97 Å². The Labute approximate surface area is 220 Å². The van der Waals surface area contributed by atoms with Crippen LogP contribution in [0.25, 0.3) is 6.08 Å². The zero-order valence-electron chi connectivity index (χ0n) is 20.1. The zero-order valence-corrected chi connectivity index (χ0v) is 21.8. The van der Waals surface area contributed by atoms with Gasteiger partial charge in [0.1, 0.15) is 5.82 Å². The number of likely N-dealkylation sites (tertiary alicyclic amines) is 1. The Kier molecular flexibility index (Phi) is 9.87. The van der Waals surface area contributed by atoms with Crippen molar-refractivity contribution in [2.75, 3.05) is 13.1 Å². The number of Topliss-reactive ketones (excluding diaryl/α,β-unsaturated/α-hetero) is 1. The van der Waals surface area contributed by atoms with Gasteiger partial charge in [-0.3, -0.25) is 24.0 Å². The molecule has 2 heterocycles. The Bertz CT molecular complexity index is 1130. The molecule has 1 N–H and O–H groups in total. The third kappa shape index (κ3) is 7.27. The fourth-order valence-electron chi connectivity index (χ4n) is 4.56.